The van der Waals surface area contributed by atoms with Gasteiger partial charge >= 0.3 is 0 Å². The minimum absolute atomic E-state index is 0.541. The van der Waals surface area contributed by atoms with Crippen LogP contribution in [0.1, 0.15) is 19.4 Å². The molecule has 0 aliphatic rings. The van der Waals surface area contributed by atoms with Crippen LogP contribution in [0.25, 0.3) is 0 Å². The number of anilines is 1. The van der Waals surface area contributed by atoms with Crippen LogP contribution >= 0.6 is 15.9 Å². The van der Waals surface area contributed by atoms with Crippen molar-refractivity contribution in [3.8, 4) is 0 Å². The van der Waals surface area contributed by atoms with Crippen molar-refractivity contribution in [3.05, 3.63) is 28.2 Å². The third-order valence-electron chi connectivity index (χ3n) is 2.90. The van der Waals surface area contributed by atoms with E-state index < -0.39 is 20.5 Å². The van der Waals surface area contributed by atoms with Gasteiger partial charge in [-0.1, -0.05) is 22.0 Å². The average Bonchev–Trinajstić information content (AvgIpc) is 2.21. The minimum atomic E-state index is -3.46. The lowest BCUT2D eigenvalue weighted by atomic mass is 10.1. The van der Waals surface area contributed by atoms with E-state index in [1.807, 2.05) is 13.0 Å². The summed E-state index contributed by atoms with van der Waals surface area (Å²) in [6.45, 7) is 4.71. The number of hydrogen-bond acceptors (Lipinski definition) is 3. The number of benzene rings is 1. The molecule has 0 saturated heterocycles. The molecule has 6 heteroatoms. The van der Waals surface area contributed by atoms with Gasteiger partial charge in [0.15, 0.2) is 9.84 Å². The quantitative estimate of drug-likeness (QED) is 0.924. The van der Waals surface area contributed by atoms with Crippen LogP contribution in [0.3, 0.4) is 0 Å². The summed E-state index contributed by atoms with van der Waals surface area (Å²) in [7, 11) is -3.46. The number of halogens is 1. The maximum absolute atomic E-state index is 12.0. The van der Waals surface area contributed by atoms with E-state index in [-0.39, 0.29) is 0 Å². The molecule has 0 atom stereocenters. The normalized spacial score (nSPS) is 12.3. The van der Waals surface area contributed by atoms with Gasteiger partial charge in [-0.15, -0.1) is 0 Å². The van der Waals surface area contributed by atoms with Crippen LogP contribution < -0.4 is 5.32 Å². The van der Waals surface area contributed by atoms with Crippen LogP contribution in [0.15, 0.2) is 22.7 Å². The van der Waals surface area contributed by atoms with Crippen molar-refractivity contribution in [2.24, 2.45) is 0 Å². The van der Waals surface area contributed by atoms with Gasteiger partial charge in [0, 0.05) is 16.4 Å². The fourth-order valence-electron chi connectivity index (χ4n) is 1.12. The first-order chi connectivity index (χ1) is 8.05. The van der Waals surface area contributed by atoms with Crippen LogP contribution in [-0.2, 0) is 14.6 Å². The highest BCUT2D eigenvalue weighted by Crippen LogP contribution is 2.23. The molecule has 0 heterocycles. The number of sulfone groups is 1. The average molecular weight is 334 g/mol. The topological polar surface area (TPSA) is 63.2 Å². The molecular weight excluding hydrogens is 318 g/mol. The number of hydrogen-bond donors (Lipinski definition) is 1. The Morgan fingerprint density at radius 3 is 2.33 bits per heavy atom. The van der Waals surface area contributed by atoms with E-state index in [1.54, 1.807) is 12.1 Å². The molecule has 100 valence electrons. The standard InChI is InChI=1S/C12H16BrNO3S/c1-8-5-6-9(7-10(8)13)14-11(15)12(2,3)18(4,16)17/h5-7H,1-4H3,(H,14,15). The van der Waals surface area contributed by atoms with Crippen molar-refractivity contribution < 1.29 is 13.2 Å². The van der Waals surface area contributed by atoms with Crippen molar-refractivity contribution in [3.63, 3.8) is 0 Å². The van der Waals surface area contributed by atoms with E-state index in [2.05, 4.69) is 21.2 Å². The summed E-state index contributed by atoms with van der Waals surface area (Å²) >= 11 is 3.36. The van der Waals surface area contributed by atoms with E-state index in [0.29, 0.717) is 5.69 Å². The second-order valence-electron chi connectivity index (χ2n) is 4.70. The molecule has 4 nitrogen and oxygen atoms in total. The lowest BCUT2D eigenvalue weighted by molar-refractivity contribution is -0.117. The zero-order valence-electron chi connectivity index (χ0n) is 10.7. The molecule has 1 aromatic carbocycles. The summed E-state index contributed by atoms with van der Waals surface area (Å²) in [6, 6.07) is 5.31. The zero-order valence-corrected chi connectivity index (χ0v) is 13.1. The van der Waals surface area contributed by atoms with Crippen molar-refractivity contribution in [2.45, 2.75) is 25.5 Å². The van der Waals surface area contributed by atoms with Crippen molar-refractivity contribution in [1.29, 1.82) is 0 Å². The van der Waals surface area contributed by atoms with Gasteiger partial charge in [0.05, 0.1) is 0 Å². The fraction of sp³-hybridized carbons (Fsp3) is 0.417. The van der Waals surface area contributed by atoms with Gasteiger partial charge in [-0.2, -0.15) is 0 Å². The first-order valence-electron chi connectivity index (χ1n) is 5.33. The SMILES string of the molecule is Cc1ccc(NC(=O)C(C)(C)S(C)(=O)=O)cc1Br. The Labute approximate surface area is 116 Å². The molecule has 0 saturated carbocycles. The third kappa shape index (κ3) is 3.11. The summed E-state index contributed by atoms with van der Waals surface area (Å²) in [4.78, 5) is 12.0. The maximum Gasteiger partial charge on any atom is 0.245 e. The Hall–Kier alpha value is -0.880. The molecule has 1 N–H and O–H groups in total. The van der Waals surface area contributed by atoms with Gasteiger partial charge in [0.2, 0.25) is 5.91 Å². The maximum atomic E-state index is 12.0. The molecular formula is C12H16BrNO3S. The van der Waals surface area contributed by atoms with E-state index >= 15 is 0 Å². The fourth-order valence-corrected chi connectivity index (χ4v) is 1.89. The largest absolute Gasteiger partial charge is 0.325 e. The third-order valence-corrected chi connectivity index (χ3v) is 5.80. The predicted molar refractivity (Wildman–Crippen MR) is 76.4 cm³/mol. The molecule has 0 aliphatic carbocycles. The number of rotatable bonds is 3. The van der Waals surface area contributed by atoms with E-state index in [4.69, 9.17) is 0 Å². The number of carbonyl (C=O) groups excluding carboxylic acids is 1. The number of aryl methyl sites for hydroxylation is 1. The first kappa shape index (κ1) is 15.2. The smallest absolute Gasteiger partial charge is 0.245 e. The number of nitrogens with one attached hydrogen (secondary N) is 1. The number of amides is 1. The molecule has 0 fully saturated rings. The molecule has 1 amide bonds. The van der Waals surface area contributed by atoms with Gasteiger partial charge < -0.3 is 5.32 Å². The molecule has 0 radical (unpaired) electrons. The lowest BCUT2D eigenvalue weighted by Gasteiger charge is -2.21. The van der Waals surface area contributed by atoms with Crippen LogP contribution in [0.2, 0.25) is 0 Å². The predicted octanol–water partition coefficient (Wildman–Crippen LogP) is 2.52. The van der Waals surface area contributed by atoms with Gasteiger partial charge in [-0.05, 0) is 38.5 Å². The number of carbonyl (C=O) groups is 1. The minimum Gasteiger partial charge on any atom is -0.325 e. The zero-order chi connectivity index (χ0) is 14.1. The van der Waals surface area contributed by atoms with Gasteiger partial charge in [-0.3, -0.25) is 4.79 Å². The highest BCUT2D eigenvalue weighted by atomic mass is 79.9. The highest BCUT2D eigenvalue weighted by Gasteiger charge is 2.38. The monoisotopic (exact) mass is 333 g/mol. The lowest BCUT2D eigenvalue weighted by Crippen LogP contribution is -2.43. The second kappa shape index (κ2) is 5.01. The summed E-state index contributed by atoms with van der Waals surface area (Å²) in [5.74, 6) is -0.541. The first-order valence-corrected chi connectivity index (χ1v) is 8.01. The summed E-state index contributed by atoms with van der Waals surface area (Å²) in [5, 5.41) is 2.61. The van der Waals surface area contributed by atoms with Gasteiger partial charge in [0.25, 0.3) is 0 Å². The van der Waals surface area contributed by atoms with Crippen LogP contribution in [0, 0.1) is 6.92 Å². The highest BCUT2D eigenvalue weighted by molar-refractivity contribution is 9.10. The van der Waals surface area contributed by atoms with Crippen LogP contribution in [-0.4, -0.2) is 25.3 Å². The molecule has 0 bridgehead atoms. The van der Waals surface area contributed by atoms with E-state index in [9.17, 15) is 13.2 Å². The molecule has 18 heavy (non-hydrogen) atoms. The molecule has 0 unspecified atom stereocenters. The summed E-state index contributed by atoms with van der Waals surface area (Å²) in [6.07, 6.45) is 1.05. The molecule has 0 spiro atoms. The Kier molecular flexibility index (Phi) is 4.23. The molecule has 0 aliphatic heterocycles. The Balaban J connectivity index is 2.99. The summed E-state index contributed by atoms with van der Waals surface area (Å²) < 4.78 is 22.5. The Morgan fingerprint density at radius 2 is 1.89 bits per heavy atom. The molecule has 0 aromatic heterocycles. The van der Waals surface area contributed by atoms with E-state index in [1.165, 1.54) is 13.8 Å². The van der Waals surface area contributed by atoms with Crippen molar-refractivity contribution in [2.75, 3.05) is 11.6 Å². The summed E-state index contributed by atoms with van der Waals surface area (Å²) in [5.41, 5.74) is 1.60. The molecule has 1 aromatic rings. The second-order valence-corrected chi connectivity index (χ2v) is 8.12. The van der Waals surface area contributed by atoms with Crippen LogP contribution in [0.4, 0.5) is 5.69 Å². The Morgan fingerprint density at radius 1 is 1.33 bits per heavy atom. The van der Waals surface area contributed by atoms with Gasteiger partial charge in [-0.25, -0.2) is 8.42 Å². The van der Waals surface area contributed by atoms with E-state index in [0.717, 1.165) is 16.3 Å². The van der Waals surface area contributed by atoms with Crippen LogP contribution in [0.5, 0.6) is 0 Å². The molecule has 1 rings (SSSR count). The Bertz CT molecular complexity index is 579. The van der Waals surface area contributed by atoms with Crippen molar-refractivity contribution in [1.82, 2.24) is 0 Å². The van der Waals surface area contributed by atoms with Crippen molar-refractivity contribution >= 4 is 37.4 Å². The van der Waals surface area contributed by atoms with Gasteiger partial charge in [0.1, 0.15) is 4.75 Å².